The van der Waals surface area contributed by atoms with Crippen LogP contribution in [-0.2, 0) is 6.42 Å². The summed E-state index contributed by atoms with van der Waals surface area (Å²) in [4.78, 5) is 0.448. The summed E-state index contributed by atoms with van der Waals surface area (Å²) < 4.78 is 5.79. The van der Waals surface area contributed by atoms with Gasteiger partial charge in [0.15, 0.2) is 0 Å². The zero-order valence-electron chi connectivity index (χ0n) is 12.1. The first kappa shape index (κ1) is 13.4. The van der Waals surface area contributed by atoms with E-state index >= 15 is 0 Å². The highest BCUT2D eigenvalue weighted by Crippen LogP contribution is 2.57. The molecule has 1 nitrogen and oxygen atoms in total. The van der Waals surface area contributed by atoms with Crippen molar-refractivity contribution >= 4 is 15.9 Å². The molecule has 0 radical (unpaired) electrons. The number of rotatable bonds is 3. The molecule has 21 heavy (non-hydrogen) atoms. The van der Waals surface area contributed by atoms with Gasteiger partial charge in [-0.2, -0.15) is 0 Å². The molecule has 2 aromatic rings. The van der Waals surface area contributed by atoms with Gasteiger partial charge >= 0.3 is 0 Å². The maximum Gasteiger partial charge on any atom is 0.123 e. The molecule has 1 saturated carbocycles. The summed E-state index contributed by atoms with van der Waals surface area (Å²) in [5, 5.41) is 0. The van der Waals surface area contributed by atoms with Crippen molar-refractivity contribution in [2.24, 2.45) is 5.92 Å². The second-order valence-electron chi connectivity index (χ2n) is 6.32. The lowest BCUT2D eigenvalue weighted by molar-refractivity contribution is 0.254. The quantitative estimate of drug-likeness (QED) is 0.692. The number of hydrogen-bond donors (Lipinski definition) is 0. The van der Waals surface area contributed by atoms with Crippen LogP contribution in [0, 0.1) is 5.92 Å². The van der Waals surface area contributed by atoms with Crippen molar-refractivity contribution < 1.29 is 4.74 Å². The van der Waals surface area contributed by atoms with Gasteiger partial charge in [-0.15, -0.1) is 0 Å². The van der Waals surface area contributed by atoms with Crippen molar-refractivity contribution in [1.29, 1.82) is 0 Å². The van der Waals surface area contributed by atoms with Crippen molar-refractivity contribution in [3.8, 4) is 5.75 Å². The number of fused-ring (bicyclic) bond motifs is 1. The van der Waals surface area contributed by atoms with Crippen molar-refractivity contribution in [1.82, 2.24) is 0 Å². The molecule has 4 unspecified atom stereocenters. The zero-order valence-corrected chi connectivity index (χ0v) is 13.7. The second kappa shape index (κ2) is 5.17. The minimum atomic E-state index is 0.321. The van der Waals surface area contributed by atoms with Gasteiger partial charge in [0.1, 0.15) is 11.9 Å². The Kier molecular flexibility index (Phi) is 3.30. The monoisotopic (exact) mass is 342 g/mol. The molecule has 108 valence electrons. The topological polar surface area (TPSA) is 9.23 Å². The van der Waals surface area contributed by atoms with E-state index in [0.717, 1.165) is 12.2 Å². The number of halogens is 1. The van der Waals surface area contributed by atoms with E-state index in [4.69, 9.17) is 4.74 Å². The fourth-order valence-corrected chi connectivity index (χ4v) is 4.35. The lowest BCUT2D eigenvalue weighted by Gasteiger charge is -2.11. The van der Waals surface area contributed by atoms with Gasteiger partial charge in [0.25, 0.3) is 0 Å². The predicted octanol–water partition coefficient (Wildman–Crippen LogP) is 5.25. The Hall–Kier alpha value is -1.28. The Labute approximate surface area is 134 Å². The minimum absolute atomic E-state index is 0.321. The van der Waals surface area contributed by atoms with E-state index in [-0.39, 0.29) is 0 Å². The van der Waals surface area contributed by atoms with E-state index in [1.54, 1.807) is 0 Å². The first-order chi connectivity index (χ1) is 10.2. The molecular weight excluding hydrogens is 324 g/mol. The largest absolute Gasteiger partial charge is 0.490 e. The highest BCUT2D eigenvalue weighted by atomic mass is 79.9. The Balaban J connectivity index is 1.52. The Bertz CT molecular complexity index is 652. The zero-order chi connectivity index (χ0) is 14.4. The SMILES string of the molecule is CC1Cc2cc(C(Br)C3CC3c3ccccc3)ccc2O1. The van der Waals surface area contributed by atoms with Crippen LogP contribution in [0.25, 0.3) is 0 Å². The van der Waals surface area contributed by atoms with Crippen molar-refractivity contribution in [2.45, 2.75) is 36.6 Å². The number of alkyl halides is 1. The third kappa shape index (κ3) is 2.50. The molecule has 2 heteroatoms. The normalized spacial score (nSPS) is 27.8. The maximum atomic E-state index is 5.79. The number of benzene rings is 2. The lowest BCUT2D eigenvalue weighted by atomic mass is 10.0. The number of ether oxygens (including phenoxy) is 1. The molecule has 1 aliphatic heterocycles. The molecule has 0 amide bonds. The van der Waals surface area contributed by atoms with Gasteiger partial charge in [0.2, 0.25) is 0 Å². The molecule has 0 saturated heterocycles. The van der Waals surface area contributed by atoms with Gasteiger partial charge in [-0.1, -0.05) is 58.4 Å². The van der Waals surface area contributed by atoms with Crippen LogP contribution >= 0.6 is 15.9 Å². The third-order valence-electron chi connectivity index (χ3n) is 4.68. The van der Waals surface area contributed by atoms with E-state index in [1.165, 1.54) is 23.1 Å². The average Bonchev–Trinajstić information content (AvgIpc) is 3.22. The molecule has 1 heterocycles. The maximum absolute atomic E-state index is 5.79. The molecule has 1 aliphatic carbocycles. The summed E-state index contributed by atoms with van der Waals surface area (Å²) in [5.41, 5.74) is 4.24. The Morgan fingerprint density at radius 1 is 1.14 bits per heavy atom. The van der Waals surface area contributed by atoms with E-state index in [0.29, 0.717) is 22.8 Å². The summed E-state index contributed by atoms with van der Waals surface area (Å²) in [5.74, 6) is 2.49. The highest BCUT2D eigenvalue weighted by molar-refractivity contribution is 9.09. The van der Waals surface area contributed by atoms with E-state index < -0.39 is 0 Å². The Morgan fingerprint density at radius 2 is 1.95 bits per heavy atom. The molecular formula is C19H19BrO. The molecule has 2 aromatic carbocycles. The summed E-state index contributed by atoms with van der Waals surface area (Å²) in [6.07, 6.45) is 2.64. The van der Waals surface area contributed by atoms with Gasteiger partial charge in [0, 0.05) is 11.2 Å². The molecule has 4 rings (SSSR count). The van der Waals surface area contributed by atoms with E-state index in [1.807, 2.05) is 0 Å². The van der Waals surface area contributed by atoms with Gasteiger partial charge in [0.05, 0.1) is 0 Å². The number of hydrogen-bond acceptors (Lipinski definition) is 1. The molecule has 2 aliphatic rings. The van der Waals surface area contributed by atoms with E-state index in [2.05, 4.69) is 71.4 Å². The van der Waals surface area contributed by atoms with Crippen LogP contribution < -0.4 is 4.74 Å². The molecule has 0 aromatic heterocycles. The fraction of sp³-hybridized carbons (Fsp3) is 0.368. The van der Waals surface area contributed by atoms with Gasteiger partial charge in [-0.25, -0.2) is 0 Å². The first-order valence-corrected chi connectivity index (χ1v) is 8.62. The average molecular weight is 343 g/mol. The molecule has 0 bridgehead atoms. The second-order valence-corrected chi connectivity index (χ2v) is 7.30. The highest BCUT2D eigenvalue weighted by Gasteiger charge is 2.43. The van der Waals surface area contributed by atoms with Crippen molar-refractivity contribution in [3.05, 3.63) is 65.2 Å². The molecule has 0 N–H and O–H groups in total. The molecule has 4 atom stereocenters. The summed E-state index contributed by atoms with van der Waals surface area (Å²) >= 11 is 3.93. The first-order valence-electron chi connectivity index (χ1n) is 7.71. The van der Waals surface area contributed by atoms with Crippen LogP contribution in [0.15, 0.2) is 48.5 Å². The van der Waals surface area contributed by atoms with Crippen LogP contribution in [0.4, 0.5) is 0 Å². The van der Waals surface area contributed by atoms with Gasteiger partial charge in [-0.05, 0) is 47.9 Å². The standard InChI is InChI=1S/C19H19BrO/c1-12-9-15-10-14(7-8-18(15)21-12)19(20)17-11-16(17)13-5-3-2-4-6-13/h2-8,10,12,16-17,19H,9,11H2,1H3. The summed E-state index contributed by atoms with van der Waals surface area (Å²) in [6.45, 7) is 2.14. The predicted molar refractivity (Wildman–Crippen MR) is 89.2 cm³/mol. The van der Waals surface area contributed by atoms with E-state index in [9.17, 15) is 0 Å². The fourth-order valence-electron chi connectivity index (χ4n) is 3.48. The van der Waals surface area contributed by atoms with Crippen LogP contribution in [0.2, 0.25) is 0 Å². The third-order valence-corrected chi connectivity index (χ3v) is 5.89. The Morgan fingerprint density at radius 3 is 2.76 bits per heavy atom. The van der Waals surface area contributed by atoms with Gasteiger partial charge < -0.3 is 4.74 Å². The molecule has 0 spiro atoms. The van der Waals surface area contributed by atoms with Crippen molar-refractivity contribution in [3.63, 3.8) is 0 Å². The summed E-state index contributed by atoms with van der Waals surface area (Å²) in [7, 11) is 0. The van der Waals surface area contributed by atoms with Crippen molar-refractivity contribution in [2.75, 3.05) is 0 Å². The van der Waals surface area contributed by atoms with Crippen LogP contribution in [0.3, 0.4) is 0 Å². The van der Waals surface area contributed by atoms with Crippen LogP contribution in [0.1, 0.15) is 40.8 Å². The summed E-state index contributed by atoms with van der Waals surface area (Å²) in [6, 6.07) is 17.6. The lowest BCUT2D eigenvalue weighted by Crippen LogP contribution is -2.05. The van der Waals surface area contributed by atoms with Crippen LogP contribution in [-0.4, -0.2) is 6.10 Å². The smallest absolute Gasteiger partial charge is 0.123 e. The minimum Gasteiger partial charge on any atom is -0.490 e. The van der Waals surface area contributed by atoms with Gasteiger partial charge in [-0.3, -0.25) is 0 Å². The van der Waals surface area contributed by atoms with Crippen LogP contribution in [0.5, 0.6) is 5.75 Å². The molecule has 1 fully saturated rings.